The third-order valence-corrected chi connectivity index (χ3v) is 7.60. The lowest BCUT2D eigenvalue weighted by Crippen LogP contribution is -2.38. The average Bonchev–Trinajstić information content (AvgIpc) is 3.40. The number of fused-ring (bicyclic) bond motifs is 1. The van der Waals surface area contributed by atoms with Crippen LogP contribution in [0.25, 0.3) is 22.3 Å². The largest absolute Gasteiger partial charge is 0.457 e. The number of aromatic nitrogens is 4. The monoisotopic (exact) mass is 557 g/mol. The Morgan fingerprint density at radius 1 is 1.10 bits per heavy atom. The minimum atomic E-state index is -0.260. The molecule has 2 aromatic carbocycles. The van der Waals surface area contributed by atoms with E-state index in [0.717, 1.165) is 43.4 Å². The van der Waals surface area contributed by atoms with Gasteiger partial charge in [0.15, 0.2) is 5.65 Å². The van der Waals surface area contributed by atoms with E-state index in [2.05, 4.69) is 15.3 Å². The molecule has 214 valence electrons. The van der Waals surface area contributed by atoms with E-state index in [-0.39, 0.29) is 12.1 Å². The fourth-order valence-corrected chi connectivity index (χ4v) is 5.43. The lowest BCUT2D eigenvalue weighted by molar-refractivity contribution is -0.109. The zero-order chi connectivity index (χ0) is 28.6. The normalized spacial score (nSPS) is 14.5. The lowest BCUT2D eigenvalue weighted by Gasteiger charge is -2.31. The first-order chi connectivity index (χ1) is 20.1. The number of nitrogen functional groups attached to an aromatic ring is 1. The first-order valence-electron chi connectivity index (χ1n) is 13.9. The van der Waals surface area contributed by atoms with Gasteiger partial charge in [-0.2, -0.15) is 5.10 Å². The second kappa shape index (κ2) is 13.1. The first kappa shape index (κ1) is 27.9. The number of nitrogens with one attached hydrogen (secondary N) is 1. The quantitative estimate of drug-likeness (QED) is 0.251. The maximum atomic E-state index is 11.8. The summed E-state index contributed by atoms with van der Waals surface area (Å²) in [6, 6.07) is 17.1. The Labute approximate surface area is 238 Å². The zero-order valence-corrected chi connectivity index (χ0v) is 23.1. The maximum Gasteiger partial charge on any atom is 0.409 e. The smallest absolute Gasteiger partial charge is 0.409 e. The molecule has 2 aromatic heterocycles. The summed E-state index contributed by atoms with van der Waals surface area (Å²) in [5.74, 6) is 2.35. The number of piperidine rings is 1. The topological polar surface area (TPSA) is 137 Å². The van der Waals surface area contributed by atoms with E-state index in [1.807, 2.05) is 59.3 Å². The Kier molecular flexibility index (Phi) is 8.92. The fourth-order valence-electron chi connectivity index (χ4n) is 5.43. The number of amides is 2. The number of hydrogen-bond donors (Lipinski definition) is 2. The van der Waals surface area contributed by atoms with Gasteiger partial charge in [-0.05, 0) is 61.6 Å². The third-order valence-electron chi connectivity index (χ3n) is 7.60. The number of methoxy groups -OCH3 is 1. The first-order valence-corrected chi connectivity index (χ1v) is 13.9. The number of hydrogen-bond acceptors (Lipinski definition) is 8. The van der Waals surface area contributed by atoms with Crippen molar-refractivity contribution in [2.75, 3.05) is 32.5 Å². The van der Waals surface area contributed by atoms with Gasteiger partial charge in [0.1, 0.15) is 29.3 Å². The van der Waals surface area contributed by atoms with Gasteiger partial charge < -0.3 is 25.4 Å². The molecule has 1 unspecified atom stereocenters. The minimum absolute atomic E-state index is 0.124. The highest BCUT2D eigenvalue weighted by molar-refractivity contribution is 5.98. The van der Waals surface area contributed by atoms with Gasteiger partial charge >= 0.3 is 6.09 Å². The summed E-state index contributed by atoms with van der Waals surface area (Å²) < 4.78 is 12.7. The number of nitrogens with two attached hydrogens (primary N) is 1. The molecule has 3 N–H and O–H groups in total. The highest BCUT2D eigenvalue weighted by atomic mass is 16.5. The van der Waals surface area contributed by atoms with Gasteiger partial charge in [0.05, 0.1) is 18.5 Å². The summed E-state index contributed by atoms with van der Waals surface area (Å²) in [5, 5.41) is 8.48. The van der Waals surface area contributed by atoms with E-state index in [0.29, 0.717) is 60.3 Å². The van der Waals surface area contributed by atoms with Crippen LogP contribution in [0.1, 0.15) is 38.1 Å². The van der Waals surface area contributed by atoms with Crippen LogP contribution >= 0.6 is 0 Å². The average molecular weight is 558 g/mol. The molecule has 0 aliphatic carbocycles. The van der Waals surface area contributed by atoms with E-state index < -0.39 is 0 Å². The maximum absolute atomic E-state index is 11.8. The minimum Gasteiger partial charge on any atom is -0.457 e. The Balaban J connectivity index is 1.34. The Bertz CT molecular complexity index is 1450. The SMILES string of the molecule is COC(=O)N1CCC(CCCC(CNC=O)n2nc(-c3ccc(Oc4ccccc4)cc3)c3c(N)ncnc32)CC1. The van der Waals surface area contributed by atoms with Gasteiger partial charge in [0, 0.05) is 25.2 Å². The molecule has 0 radical (unpaired) electrons. The molecule has 0 saturated carbocycles. The molecule has 4 aromatic rings. The van der Waals surface area contributed by atoms with Crippen molar-refractivity contribution in [3.63, 3.8) is 0 Å². The van der Waals surface area contributed by atoms with Crippen molar-refractivity contribution >= 4 is 29.4 Å². The predicted molar refractivity (Wildman–Crippen MR) is 155 cm³/mol. The molecule has 2 amide bonds. The van der Waals surface area contributed by atoms with Crippen LogP contribution in [0.4, 0.5) is 10.6 Å². The number of anilines is 1. The summed E-state index contributed by atoms with van der Waals surface area (Å²) in [4.78, 5) is 33.6. The van der Waals surface area contributed by atoms with Gasteiger partial charge in [0.2, 0.25) is 6.41 Å². The summed E-state index contributed by atoms with van der Waals surface area (Å²) >= 11 is 0. The van der Waals surface area contributed by atoms with Crippen molar-refractivity contribution in [3.8, 4) is 22.8 Å². The molecule has 1 saturated heterocycles. The summed E-state index contributed by atoms with van der Waals surface area (Å²) in [5.41, 5.74) is 8.50. The number of rotatable bonds is 11. The number of para-hydroxylation sites is 1. The standard InChI is InChI=1S/C30H35N7O4/c1-40-30(39)36-16-14-21(15-17-36)6-5-7-23(18-32-20-38)37-29-26(28(31)33-19-34-29)27(35-37)22-10-12-25(13-11-22)41-24-8-3-2-4-9-24/h2-4,8-13,19-21,23H,5-7,14-18H2,1H3,(H,32,38)(H2,31,33,34). The summed E-state index contributed by atoms with van der Waals surface area (Å²) in [7, 11) is 1.42. The van der Waals surface area contributed by atoms with Gasteiger partial charge in [-0.1, -0.05) is 31.0 Å². The van der Waals surface area contributed by atoms with E-state index in [1.54, 1.807) is 4.90 Å². The van der Waals surface area contributed by atoms with Gasteiger partial charge in [0.25, 0.3) is 0 Å². The molecule has 1 aliphatic heterocycles. The van der Waals surface area contributed by atoms with E-state index in [1.165, 1.54) is 13.4 Å². The van der Waals surface area contributed by atoms with Gasteiger partial charge in [-0.25, -0.2) is 19.4 Å². The lowest BCUT2D eigenvalue weighted by atomic mass is 9.91. The van der Waals surface area contributed by atoms with E-state index >= 15 is 0 Å². The molecule has 11 heteroatoms. The highest BCUT2D eigenvalue weighted by Gasteiger charge is 2.25. The van der Waals surface area contributed by atoms with Crippen LogP contribution in [0, 0.1) is 5.92 Å². The second-order valence-electron chi connectivity index (χ2n) is 10.2. The third kappa shape index (κ3) is 6.56. The van der Waals surface area contributed by atoms with Crippen LogP contribution in [0.5, 0.6) is 11.5 Å². The van der Waals surface area contributed by atoms with Crippen LogP contribution in [-0.2, 0) is 9.53 Å². The van der Waals surface area contributed by atoms with Crippen LogP contribution in [0.15, 0.2) is 60.9 Å². The van der Waals surface area contributed by atoms with Gasteiger partial charge in [-0.3, -0.25) is 4.79 Å². The summed E-state index contributed by atoms with van der Waals surface area (Å²) in [6.45, 7) is 1.84. The van der Waals surface area contributed by atoms with Crippen molar-refractivity contribution in [1.82, 2.24) is 30.0 Å². The second-order valence-corrected chi connectivity index (χ2v) is 10.2. The Morgan fingerprint density at radius 2 is 1.83 bits per heavy atom. The molecule has 11 nitrogen and oxygen atoms in total. The van der Waals surface area contributed by atoms with Crippen molar-refractivity contribution in [3.05, 3.63) is 60.9 Å². The number of likely N-dealkylation sites (tertiary alicyclic amines) is 1. The van der Waals surface area contributed by atoms with Crippen molar-refractivity contribution in [1.29, 1.82) is 0 Å². The molecule has 0 bridgehead atoms. The number of benzene rings is 2. The van der Waals surface area contributed by atoms with Crippen LogP contribution in [0.3, 0.4) is 0 Å². The molecule has 41 heavy (non-hydrogen) atoms. The van der Waals surface area contributed by atoms with Crippen molar-refractivity contribution in [2.45, 2.75) is 38.1 Å². The number of carbonyl (C=O) groups excluding carboxylic acids is 2. The molecule has 1 aliphatic rings. The molecular weight excluding hydrogens is 522 g/mol. The van der Waals surface area contributed by atoms with Gasteiger partial charge in [-0.15, -0.1) is 0 Å². The van der Waals surface area contributed by atoms with Crippen LogP contribution in [0.2, 0.25) is 0 Å². The fraction of sp³-hybridized carbons (Fsp3) is 0.367. The highest BCUT2D eigenvalue weighted by Crippen LogP contribution is 2.34. The molecule has 1 atom stereocenters. The van der Waals surface area contributed by atoms with Crippen LogP contribution in [-0.4, -0.2) is 63.9 Å². The Morgan fingerprint density at radius 3 is 2.54 bits per heavy atom. The molecule has 0 spiro atoms. The van der Waals surface area contributed by atoms with E-state index in [4.69, 9.17) is 20.3 Å². The molecule has 1 fully saturated rings. The number of nitrogens with zero attached hydrogens (tertiary/aromatic N) is 5. The molecular formula is C30H35N7O4. The summed E-state index contributed by atoms with van der Waals surface area (Å²) in [6.07, 6.45) is 6.55. The zero-order valence-electron chi connectivity index (χ0n) is 23.1. The van der Waals surface area contributed by atoms with E-state index in [9.17, 15) is 9.59 Å². The number of carbonyl (C=O) groups is 2. The van der Waals surface area contributed by atoms with Crippen molar-refractivity contribution < 1.29 is 19.1 Å². The number of ether oxygens (including phenoxy) is 2. The predicted octanol–water partition coefficient (Wildman–Crippen LogP) is 4.80. The Hall–Kier alpha value is -4.67. The molecule has 3 heterocycles. The van der Waals surface area contributed by atoms with Crippen LogP contribution < -0.4 is 15.8 Å². The molecule has 5 rings (SSSR count). The van der Waals surface area contributed by atoms with Crippen molar-refractivity contribution in [2.24, 2.45) is 5.92 Å².